The zero-order chi connectivity index (χ0) is 15.6. The number of amides is 1. The van der Waals surface area contributed by atoms with Crippen LogP contribution in [0.4, 0.5) is 5.69 Å². The first-order valence-electron chi connectivity index (χ1n) is 7.11. The van der Waals surface area contributed by atoms with Crippen molar-refractivity contribution in [3.05, 3.63) is 54.4 Å². The Morgan fingerprint density at radius 3 is 2.45 bits per heavy atom. The first kappa shape index (κ1) is 14.3. The third-order valence-corrected chi connectivity index (χ3v) is 3.74. The lowest BCUT2D eigenvalue weighted by Gasteiger charge is -2.14. The van der Waals surface area contributed by atoms with Crippen molar-refractivity contribution in [1.82, 2.24) is 4.98 Å². The molecule has 1 aromatic carbocycles. The number of nitrogens with one attached hydrogen (secondary N) is 1. The van der Waals surface area contributed by atoms with Gasteiger partial charge < -0.3 is 10.1 Å². The number of carbonyl (C=O) groups is 2. The van der Waals surface area contributed by atoms with Gasteiger partial charge in [0.1, 0.15) is 5.75 Å². The van der Waals surface area contributed by atoms with Gasteiger partial charge in [0.05, 0.1) is 5.41 Å². The molecule has 0 unspecified atom stereocenters. The van der Waals surface area contributed by atoms with Crippen LogP contribution in [0.15, 0.2) is 48.8 Å². The number of ether oxygens (including phenoxy) is 1. The Morgan fingerprint density at radius 2 is 1.91 bits per heavy atom. The van der Waals surface area contributed by atoms with Crippen LogP contribution < -0.4 is 10.1 Å². The molecule has 1 amide bonds. The maximum Gasteiger partial charge on any atom is 0.322 e. The number of aromatic nitrogens is 1. The van der Waals surface area contributed by atoms with E-state index in [4.69, 9.17) is 4.74 Å². The second-order valence-electron chi connectivity index (χ2n) is 5.42. The summed E-state index contributed by atoms with van der Waals surface area (Å²) in [6, 6.07) is 10.5. The SMILES string of the molecule is CC(=O)Nc1ccc(OC(=O)C2(c3cccnc3)CC2)cc1. The number of pyridine rings is 1. The lowest BCUT2D eigenvalue weighted by atomic mass is 9.98. The van der Waals surface area contributed by atoms with E-state index in [9.17, 15) is 9.59 Å². The summed E-state index contributed by atoms with van der Waals surface area (Å²) in [6.07, 6.45) is 4.96. The summed E-state index contributed by atoms with van der Waals surface area (Å²) in [4.78, 5) is 27.5. The topological polar surface area (TPSA) is 68.3 Å². The first-order valence-corrected chi connectivity index (χ1v) is 7.11. The largest absolute Gasteiger partial charge is 0.426 e. The zero-order valence-corrected chi connectivity index (χ0v) is 12.2. The van der Waals surface area contributed by atoms with Gasteiger partial charge in [-0.05, 0) is 48.7 Å². The van der Waals surface area contributed by atoms with E-state index in [1.807, 2.05) is 12.1 Å². The van der Waals surface area contributed by atoms with Crippen molar-refractivity contribution in [2.45, 2.75) is 25.2 Å². The Kier molecular flexibility index (Phi) is 3.63. The van der Waals surface area contributed by atoms with Crippen LogP contribution in [0.5, 0.6) is 5.75 Å². The van der Waals surface area contributed by atoms with Gasteiger partial charge >= 0.3 is 5.97 Å². The molecule has 5 heteroatoms. The fourth-order valence-corrected chi connectivity index (χ4v) is 2.40. The predicted molar refractivity (Wildman–Crippen MR) is 81.5 cm³/mol. The van der Waals surface area contributed by atoms with Crippen molar-refractivity contribution in [2.75, 3.05) is 5.32 Å². The smallest absolute Gasteiger partial charge is 0.322 e. The number of rotatable bonds is 4. The average molecular weight is 296 g/mol. The van der Waals surface area contributed by atoms with Gasteiger partial charge in [-0.2, -0.15) is 0 Å². The highest BCUT2D eigenvalue weighted by atomic mass is 16.5. The molecule has 0 spiro atoms. The molecular formula is C17H16N2O3. The molecule has 0 radical (unpaired) electrons. The average Bonchev–Trinajstić information content (AvgIpc) is 3.31. The molecule has 1 heterocycles. The molecule has 0 bridgehead atoms. The van der Waals surface area contributed by atoms with Crippen LogP contribution in [0.3, 0.4) is 0 Å². The Hall–Kier alpha value is -2.69. The van der Waals surface area contributed by atoms with Crippen LogP contribution in [0.2, 0.25) is 0 Å². The molecule has 2 aromatic rings. The molecule has 1 N–H and O–H groups in total. The Morgan fingerprint density at radius 1 is 1.18 bits per heavy atom. The van der Waals surface area contributed by atoms with Crippen LogP contribution in [-0.4, -0.2) is 16.9 Å². The molecule has 3 rings (SSSR count). The number of carbonyl (C=O) groups excluding carboxylic acids is 2. The summed E-state index contributed by atoms with van der Waals surface area (Å²) in [5.74, 6) is 0.0697. The summed E-state index contributed by atoms with van der Waals surface area (Å²) in [5, 5.41) is 2.67. The van der Waals surface area contributed by atoms with Crippen molar-refractivity contribution in [2.24, 2.45) is 0 Å². The minimum atomic E-state index is -0.551. The van der Waals surface area contributed by atoms with E-state index in [0.29, 0.717) is 11.4 Å². The number of benzene rings is 1. The third kappa shape index (κ3) is 2.83. The summed E-state index contributed by atoms with van der Waals surface area (Å²) in [5.41, 5.74) is 1.01. The maximum atomic E-state index is 12.4. The van der Waals surface area contributed by atoms with Gasteiger partial charge in [0.25, 0.3) is 0 Å². The van der Waals surface area contributed by atoms with Gasteiger partial charge in [0.2, 0.25) is 5.91 Å². The highest BCUT2D eigenvalue weighted by molar-refractivity contribution is 5.89. The lowest BCUT2D eigenvalue weighted by Crippen LogP contribution is -2.25. The standard InChI is InChI=1S/C17H16N2O3/c1-12(20)19-14-4-6-15(7-5-14)22-16(21)17(8-9-17)13-3-2-10-18-11-13/h2-7,10-11H,8-9H2,1H3,(H,19,20). The molecule has 0 aliphatic heterocycles. The van der Waals surface area contributed by atoms with Gasteiger partial charge in [-0.15, -0.1) is 0 Å². The first-order chi connectivity index (χ1) is 10.6. The van der Waals surface area contributed by atoms with Crippen LogP contribution in [0.25, 0.3) is 0 Å². The van der Waals surface area contributed by atoms with E-state index in [2.05, 4.69) is 10.3 Å². The highest BCUT2D eigenvalue weighted by Crippen LogP contribution is 2.49. The molecule has 22 heavy (non-hydrogen) atoms. The van der Waals surface area contributed by atoms with Crippen molar-refractivity contribution in [3.63, 3.8) is 0 Å². The van der Waals surface area contributed by atoms with Gasteiger partial charge in [0, 0.05) is 25.0 Å². The van der Waals surface area contributed by atoms with E-state index >= 15 is 0 Å². The Bertz CT molecular complexity index is 692. The van der Waals surface area contributed by atoms with Crippen molar-refractivity contribution in [3.8, 4) is 5.75 Å². The number of esters is 1. The van der Waals surface area contributed by atoms with Gasteiger partial charge in [-0.3, -0.25) is 14.6 Å². The summed E-state index contributed by atoms with van der Waals surface area (Å²) < 4.78 is 5.48. The fraction of sp³-hybridized carbons (Fsp3) is 0.235. The molecule has 1 aromatic heterocycles. The quantitative estimate of drug-likeness (QED) is 0.695. The summed E-state index contributed by atoms with van der Waals surface area (Å²) in [7, 11) is 0. The molecule has 1 aliphatic carbocycles. The lowest BCUT2D eigenvalue weighted by molar-refractivity contribution is -0.137. The van der Waals surface area contributed by atoms with Gasteiger partial charge in [-0.1, -0.05) is 6.07 Å². The third-order valence-electron chi connectivity index (χ3n) is 3.74. The van der Waals surface area contributed by atoms with Crippen molar-refractivity contribution in [1.29, 1.82) is 0 Å². The second kappa shape index (κ2) is 5.60. The zero-order valence-electron chi connectivity index (χ0n) is 12.2. The van der Waals surface area contributed by atoms with Crippen molar-refractivity contribution >= 4 is 17.6 Å². The molecule has 1 saturated carbocycles. The van der Waals surface area contributed by atoms with E-state index < -0.39 is 5.41 Å². The van der Waals surface area contributed by atoms with Gasteiger partial charge in [-0.25, -0.2) is 0 Å². The normalized spacial score (nSPS) is 15.0. The number of hydrogen-bond donors (Lipinski definition) is 1. The number of nitrogens with zero attached hydrogens (tertiary/aromatic N) is 1. The minimum absolute atomic E-state index is 0.141. The second-order valence-corrected chi connectivity index (χ2v) is 5.42. The van der Waals surface area contributed by atoms with Crippen LogP contribution in [-0.2, 0) is 15.0 Å². The van der Waals surface area contributed by atoms with E-state index in [1.54, 1.807) is 36.7 Å². The molecule has 0 atom stereocenters. The van der Waals surface area contributed by atoms with Gasteiger partial charge in [0.15, 0.2) is 0 Å². The monoisotopic (exact) mass is 296 g/mol. The fourth-order valence-electron chi connectivity index (χ4n) is 2.40. The summed E-state index contributed by atoms with van der Waals surface area (Å²) in [6.45, 7) is 1.44. The minimum Gasteiger partial charge on any atom is -0.426 e. The van der Waals surface area contributed by atoms with E-state index in [1.165, 1.54) is 6.92 Å². The van der Waals surface area contributed by atoms with Crippen LogP contribution in [0, 0.1) is 0 Å². The molecule has 0 saturated heterocycles. The number of hydrogen-bond acceptors (Lipinski definition) is 4. The van der Waals surface area contributed by atoms with Crippen LogP contribution >= 0.6 is 0 Å². The molecular weight excluding hydrogens is 280 g/mol. The van der Waals surface area contributed by atoms with E-state index in [0.717, 1.165) is 18.4 Å². The Labute approximate surface area is 128 Å². The molecule has 112 valence electrons. The van der Waals surface area contributed by atoms with E-state index in [-0.39, 0.29) is 11.9 Å². The molecule has 5 nitrogen and oxygen atoms in total. The highest BCUT2D eigenvalue weighted by Gasteiger charge is 2.53. The van der Waals surface area contributed by atoms with Crippen LogP contribution in [0.1, 0.15) is 25.3 Å². The number of anilines is 1. The molecule has 1 fully saturated rings. The summed E-state index contributed by atoms with van der Waals surface area (Å²) >= 11 is 0. The Balaban J connectivity index is 1.71. The molecule has 1 aliphatic rings. The van der Waals surface area contributed by atoms with Crippen molar-refractivity contribution < 1.29 is 14.3 Å². The predicted octanol–water partition coefficient (Wildman–Crippen LogP) is 2.68. The maximum absolute atomic E-state index is 12.4.